The Bertz CT molecular complexity index is 609. The Morgan fingerprint density at radius 2 is 2.13 bits per heavy atom. The molecule has 1 saturated heterocycles. The van der Waals surface area contributed by atoms with Gasteiger partial charge in [0.2, 0.25) is 5.91 Å². The summed E-state index contributed by atoms with van der Waals surface area (Å²) < 4.78 is 0. The third-order valence-corrected chi connectivity index (χ3v) is 4.60. The minimum absolute atomic E-state index is 0.0430. The Kier molecular flexibility index (Phi) is 4.39. The molecule has 1 aromatic rings. The van der Waals surface area contributed by atoms with Crippen molar-refractivity contribution < 1.29 is 9.63 Å². The quantitative estimate of drug-likeness (QED) is 0.929. The number of amides is 1. The average Bonchev–Trinajstić information content (AvgIpc) is 3.08. The van der Waals surface area contributed by atoms with E-state index in [-0.39, 0.29) is 11.5 Å². The zero-order valence-electron chi connectivity index (χ0n) is 14.1. The maximum atomic E-state index is 11.1. The smallest absolute Gasteiger partial charge is 0.221 e. The molecular weight excluding hydrogens is 290 g/mol. The monoisotopic (exact) mass is 315 g/mol. The van der Waals surface area contributed by atoms with Crippen molar-refractivity contribution in [3.63, 3.8) is 0 Å². The van der Waals surface area contributed by atoms with Gasteiger partial charge >= 0.3 is 0 Å². The first-order valence-electron chi connectivity index (χ1n) is 8.30. The molecule has 2 heterocycles. The number of carbonyl (C=O) groups excluding carboxylic acids is 1. The van der Waals surface area contributed by atoms with Gasteiger partial charge in [0.25, 0.3) is 0 Å². The van der Waals surface area contributed by atoms with E-state index in [0.29, 0.717) is 5.92 Å². The highest BCUT2D eigenvalue weighted by Gasteiger charge is 2.45. The number of likely N-dealkylation sites (tertiary alicyclic amines) is 1. The van der Waals surface area contributed by atoms with Gasteiger partial charge in [-0.15, -0.1) is 0 Å². The SMILES string of the molecule is CC(=O)Nc1ccc(CN2CCC3(CC(C(C)C)=NO3)C2)cc1. The van der Waals surface area contributed by atoms with Gasteiger partial charge in [-0.3, -0.25) is 9.69 Å². The third kappa shape index (κ3) is 3.72. The highest BCUT2D eigenvalue weighted by atomic mass is 16.7. The molecule has 124 valence electrons. The Morgan fingerprint density at radius 1 is 1.39 bits per heavy atom. The fraction of sp³-hybridized carbons (Fsp3) is 0.556. The highest BCUT2D eigenvalue weighted by molar-refractivity contribution is 5.88. The second kappa shape index (κ2) is 6.32. The maximum absolute atomic E-state index is 11.1. The van der Waals surface area contributed by atoms with Crippen molar-refractivity contribution in [2.75, 3.05) is 18.4 Å². The van der Waals surface area contributed by atoms with E-state index in [1.165, 1.54) is 18.2 Å². The van der Waals surface area contributed by atoms with Crippen LogP contribution in [0.25, 0.3) is 0 Å². The summed E-state index contributed by atoms with van der Waals surface area (Å²) in [7, 11) is 0. The van der Waals surface area contributed by atoms with Crippen molar-refractivity contribution >= 4 is 17.3 Å². The van der Waals surface area contributed by atoms with Crippen molar-refractivity contribution in [2.24, 2.45) is 11.1 Å². The molecule has 0 aromatic heterocycles. The maximum Gasteiger partial charge on any atom is 0.221 e. The Hall–Kier alpha value is -1.88. The molecule has 1 amide bonds. The van der Waals surface area contributed by atoms with Crippen LogP contribution in [0.2, 0.25) is 0 Å². The molecule has 1 unspecified atom stereocenters. The summed E-state index contributed by atoms with van der Waals surface area (Å²) in [6, 6.07) is 8.05. The van der Waals surface area contributed by atoms with Crippen LogP contribution < -0.4 is 5.32 Å². The lowest BCUT2D eigenvalue weighted by Gasteiger charge is -2.22. The largest absolute Gasteiger partial charge is 0.387 e. The van der Waals surface area contributed by atoms with Crippen molar-refractivity contribution in [3.8, 4) is 0 Å². The lowest BCUT2D eigenvalue weighted by molar-refractivity contribution is -0.114. The van der Waals surface area contributed by atoms with E-state index in [9.17, 15) is 4.79 Å². The summed E-state index contributed by atoms with van der Waals surface area (Å²) in [5.41, 5.74) is 3.18. The van der Waals surface area contributed by atoms with Gasteiger partial charge < -0.3 is 10.2 Å². The Balaban J connectivity index is 1.55. The Morgan fingerprint density at radius 3 is 2.74 bits per heavy atom. The number of anilines is 1. The zero-order chi connectivity index (χ0) is 16.4. The molecule has 0 aliphatic carbocycles. The van der Waals surface area contributed by atoms with Crippen LogP contribution in [0, 0.1) is 5.92 Å². The predicted octanol–water partition coefficient (Wildman–Crippen LogP) is 3.02. The minimum atomic E-state index is -0.101. The lowest BCUT2D eigenvalue weighted by atomic mass is 9.92. The van der Waals surface area contributed by atoms with Crippen LogP contribution in [0.4, 0.5) is 5.69 Å². The van der Waals surface area contributed by atoms with E-state index in [0.717, 1.165) is 38.2 Å². The first kappa shape index (κ1) is 16.0. The standard InChI is InChI=1S/C18H25N3O2/c1-13(2)17-10-18(23-20-17)8-9-21(12-18)11-15-4-6-16(7-5-15)19-14(3)22/h4-7,13H,8-12H2,1-3H3,(H,19,22). The summed E-state index contributed by atoms with van der Waals surface area (Å²) in [5.74, 6) is 0.420. The molecule has 3 rings (SSSR count). The topological polar surface area (TPSA) is 53.9 Å². The van der Waals surface area contributed by atoms with E-state index >= 15 is 0 Å². The molecule has 5 heteroatoms. The lowest BCUT2D eigenvalue weighted by Crippen LogP contribution is -2.33. The van der Waals surface area contributed by atoms with E-state index in [1.807, 2.05) is 12.1 Å². The van der Waals surface area contributed by atoms with E-state index < -0.39 is 0 Å². The number of carbonyl (C=O) groups is 1. The van der Waals surface area contributed by atoms with Gasteiger partial charge in [0.15, 0.2) is 5.60 Å². The molecule has 5 nitrogen and oxygen atoms in total. The molecular formula is C18H25N3O2. The van der Waals surface area contributed by atoms with E-state index in [1.54, 1.807) is 0 Å². The molecule has 1 N–H and O–H groups in total. The molecule has 23 heavy (non-hydrogen) atoms. The number of nitrogens with one attached hydrogen (secondary N) is 1. The number of rotatable bonds is 4. The summed E-state index contributed by atoms with van der Waals surface area (Å²) >= 11 is 0. The number of oxime groups is 1. The van der Waals surface area contributed by atoms with Gasteiger partial charge in [0.1, 0.15) is 0 Å². The van der Waals surface area contributed by atoms with Crippen LogP contribution in [0.3, 0.4) is 0 Å². The fourth-order valence-corrected chi connectivity index (χ4v) is 3.30. The summed E-state index contributed by atoms with van der Waals surface area (Å²) in [5, 5.41) is 7.09. The van der Waals surface area contributed by atoms with Crippen LogP contribution in [0.5, 0.6) is 0 Å². The van der Waals surface area contributed by atoms with Crippen LogP contribution in [0.15, 0.2) is 29.4 Å². The van der Waals surface area contributed by atoms with E-state index in [2.05, 4.69) is 41.4 Å². The second-order valence-electron chi connectivity index (χ2n) is 7.03. The molecule has 2 aliphatic heterocycles. The van der Waals surface area contributed by atoms with Crippen molar-refractivity contribution in [3.05, 3.63) is 29.8 Å². The van der Waals surface area contributed by atoms with Crippen molar-refractivity contribution in [1.82, 2.24) is 4.90 Å². The van der Waals surface area contributed by atoms with Gasteiger partial charge in [-0.2, -0.15) is 0 Å². The van der Waals surface area contributed by atoms with Crippen LogP contribution in [-0.4, -0.2) is 35.2 Å². The van der Waals surface area contributed by atoms with Gasteiger partial charge in [-0.1, -0.05) is 31.1 Å². The number of nitrogens with zero attached hydrogens (tertiary/aromatic N) is 2. The molecule has 2 aliphatic rings. The van der Waals surface area contributed by atoms with Crippen LogP contribution >= 0.6 is 0 Å². The summed E-state index contributed by atoms with van der Waals surface area (Å²) in [6.45, 7) is 8.73. The van der Waals surface area contributed by atoms with Crippen molar-refractivity contribution in [2.45, 2.75) is 45.8 Å². The van der Waals surface area contributed by atoms with Crippen LogP contribution in [-0.2, 0) is 16.2 Å². The number of hydrogen-bond acceptors (Lipinski definition) is 4. The van der Waals surface area contributed by atoms with E-state index in [4.69, 9.17) is 4.84 Å². The molecule has 0 saturated carbocycles. The third-order valence-electron chi connectivity index (χ3n) is 4.60. The fourth-order valence-electron chi connectivity index (χ4n) is 3.30. The molecule has 1 aromatic carbocycles. The zero-order valence-corrected chi connectivity index (χ0v) is 14.1. The first-order valence-corrected chi connectivity index (χ1v) is 8.30. The van der Waals surface area contributed by atoms with Gasteiger partial charge in [0.05, 0.1) is 5.71 Å². The highest BCUT2D eigenvalue weighted by Crippen LogP contribution is 2.35. The van der Waals surface area contributed by atoms with Gasteiger partial charge in [-0.05, 0) is 23.6 Å². The number of hydrogen-bond donors (Lipinski definition) is 1. The predicted molar refractivity (Wildman–Crippen MR) is 91.3 cm³/mol. The first-order chi connectivity index (χ1) is 11.0. The van der Waals surface area contributed by atoms with Gasteiger partial charge in [0, 0.05) is 45.1 Å². The van der Waals surface area contributed by atoms with Crippen LogP contribution in [0.1, 0.15) is 39.2 Å². The second-order valence-corrected chi connectivity index (χ2v) is 7.03. The average molecular weight is 315 g/mol. The molecule has 0 radical (unpaired) electrons. The normalized spacial score (nSPS) is 24.1. The molecule has 1 atom stereocenters. The van der Waals surface area contributed by atoms with Crippen molar-refractivity contribution in [1.29, 1.82) is 0 Å². The minimum Gasteiger partial charge on any atom is -0.387 e. The molecule has 1 fully saturated rings. The molecule has 0 bridgehead atoms. The number of benzene rings is 1. The van der Waals surface area contributed by atoms with Gasteiger partial charge in [-0.25, -0.2) is 0 Å². The Labute approximate surface area is 137 Å². The summed E-state index contributed by atoms with van der Waals surface area (Å²) in [4.78, 5) is 19.3. The molecule has 1 spiro atoms. The summed E-state index contributed by atoms with van der Waals surface area (Å²) in [6.07, 6.45) is 2.00.